The molecule has 29 heavy (non-hydrogen) atoms. The molecule has 2 fully saturated rings. The second kappa shape index (κ2) is 8.69. The van der Waals surface area contributed by atoms with Gasteiger partial charge in [-0.25, -0.2) is 9.97 Å². The van der Waals surface area contributed by atoms with E-state index < -0.39 is 0 Å². The Balaban J connectivity index is 1.52. The number of amides is 1. The summed E-state index contributed by atoms with van der Waals surface area (Å²) in [5.74, 6) is 1.34. The molecule has 7 nitrogen and oxygen atoms in total. The van der Waals surface area contributed by atoms with Gasteiger partial charge < -0.3 is 14.6 Å². The molecule has 0 unspecified atom stereocenters. The predicted molar refractivity (Wildman–Crippen MR) is 114 cm³/mol. The summed E-state index contributed by atoms with van der Waals surface area (Å²) >= 11 is 0. The molecule has 4 rings (SSSR count). The Morgan fingerprint density at radius 1 is 1.14 bits per heavy atom. The second-order valence-corrected chi connectivity index (χ2v) is 8.58. The van der Waals surface area contributed by atoms with Gasteiger partial charge in [-0.15, -0.1) is 0 Å². The lowest BCUT2D eigenvalue weighted by Crippen LogP contribution is -2.47. The fourth-order valence-electron chi connectivity index (χ4n) is 4.95. The Hall–Kier alpha value is -2.15. The highest BCUT2D eigenvalue weighted by Crippen LogP contribution is 2.32. The fourth-order valence-corrected chi connectivity index (χ4v) is 4.95. The monoisotopic (exact) mass is 399 g/mol. The van der Waals surface area contributed by atoms with Crippen molar-refractivity contribution in [1.82, 2.24) is 20.2 Å². The number of hydrogen-bond donors (Lipinski definition) is 1. The number of carbonyl (C=O) groups excluding carboxylic acids is 1. The molecule has 2 saturated heterocycles. The molecule has 0 bridgehead atoms. The van der Waals surface area contributed by atoms with E-state index in [2.05, 4.69) is 38.9 Å². The van der Waals surface area contributed by atoms with Gasteiger partial charge >= 0.3 is 0 Å². The number of carbonyl (C=O) groups is 1. The molecule has 2 aromatic rings. The number of rotatable bonds is 5. The molecule has 0 spiro atoms. The molecule has 1 N–H and O–H groups in total. The van der Waals surface area contributed by atoms with Crippen LogP contribution in [0.2, 0.25) is 0 Å². The number of nitrogens with one attached hydrogen (secondary N) is 1. The normalized spacial score (nSPS) is 23.5. The van der Waals surface area contributed by atoms with E-state index in [0.29, 0.717) is 35.7 Å². The number of piperidine rings is 2. The molecule has 2 atom stereocenters. The van der Waals surface area contributed by atoms with Gasteiger partial charge in [-0.05, 0) is 52.9 Å². The summed E-state index contributed by atoms with van der Waals surface area (Å²) in [6.45, 7) is 9.83. The number of anilines is 1. The standard InChI is InChI=1S/C22H33N5O2/c1-15-8-7-9-16(2)27(15)13-10-23-21(28)18-17(3)29-22-19(18)20(24-14-25-22)26-11-5-4-6-12-26/h14-16H,4-13H2,1-3H3,(H,23,28)/t15-,16-/m0/s1. The third kappa shape index (κ3) is 4.10. The first-order chi connectivity index (χ1) is 14.1. The smallest absolute Gasteiger partial charge is 0.255 e. The third-order valence-electron chi connectivity index (χ3n) is 6.56. The van der Waals surface area contributed by atoms with Gasteiger partial charge in [0.25, 0.3) is 5.91 Å². The van der Waals surface area contributed by atoms with Crippen LogP contribution in [0.5, 0.6) is 0 Å². The Morgan fingerprint density at radius 3 is 2.59 bits per heavy atom. The van der Waals surface area contributed by atoms with Crippen molar-refractivity contribution in [3.8, 4) is 0 Å². The van der Waals surface area contributed by atoms with Crippen molar-refractivity contribution in [2.75, 3.05) is 31.1 Å². The van der Waals surface area contributed by atoms with Crippen molar-refractivity contribution in [2.45, 2.75) is 71.4 Å². The summed E-state index contributed by atoms with van der Waals surface area (Å²) in [4.78, 5) is 26.7. The van der Waals surface area contributed by atoms with E-state index in [-0.39, 0.29) is 5.91 Å². The minimum absolute atomic E-state index is 0.0911. The Labute approximate surface area is 172 Å². The van der Waals surface area contributed by atoms with E-state index in [0.717, 1.165) is 43.7 Å². The molecule has 158 valence electrons. The van der Waals surface area contributed by atoms with Crippen molar-refractivity contribution in [3.63, 3.8) is 0 Å². The second-order valence-electron chi connectivity index (χ2n) is 8.58. The van der Waals surface area contributed by atoms with Crippen LogP contribution in [-0.2, 0) is 0 Å². The minimum Gasteiger partial charge on any atom is -0.442 e. The van der Waals surface area contributed by atoms with Crippen LogP contribution in [0.4, 0.5) is 5.82 Å². The van der Waals surface area contributed by atoms with Crippen LogP contribution in [0, 0.1) is 6.92 Å². The topological polar surface area (TPSA) is 74.5 Å². The average molecular weight is 400 g/mol. The van der Waals surface area contributed by atoms with Crippen molar-refractivity contribution in [1.29, 1.82) is 0 Å². The van der Waals surface area contributed by atoms with Crippen molar-refractivity contribution >= 4 is 22.8 Å². The SMILES string of the molecule is Cc1oc2ncnc(N3CCCCC3)c2c1C(=O)NCCN1[C@@H](C)CCC[C@@H]1C. The van der Waals surface area contributed by atoms with Gasteiger partial charge in [0.15, 0.2) is 0 Å². The van der Waals surface area contributed by atoms with Gasteiger partial charge in [-0.1, -0.05) is 6.42 Å². The van der Waals surface area contributed by atoms with Crippen LogP contribution in [0.15, 0.2) is 10.7 Å². The molecule has 1 amide bonds. The highest BCUT2D eigenvalue weighted by molar-refractivity contribution is 6.10. The zero-order chi connectivity index (χ0) is 20.4. The lowest BCUT2D eigenvalue weighted by atomic mass is 9.98. The molecule has 2 aromatic heterocycles. The molecular weight excluding hydrogens is 366 g/mol. The number of hydrogen-bond acceptors (Lipinski definition) is 6. The van der Waals surface area contributed by atoms with Gasteiger partial charge in [0.2, 0.25) is 5.71 Å². The summed E-state index contributed by atoms with van der Waals surface area (Å²) in [5, 5.41) is 3.88. The van der Waals surface area contributed by atoms with Gasteiger partial charge in [0.05, 0.1) is 10.9 Å². The highest BCUT2D eigenvalue weighted by Gasteiger charge is 2.27. The van der Waals surface area contributed by atoms with Crippen LogP contribution in [-0.4, -0.2) is 59.0 Å². The maximum Gasteiger partial charge on any atom is 0.255 e. The van der Waals surface area contributed by atoms with Crippen LogP contribution >= 0.6 is 0 Å². The lowest BCUT2D eigenvalue weighted by Gasteiger charge is -2.39. The summed E-state index contributed by atoms with van der Waals surface area (Å²) in [7, 11) is 0. The van der Waals surface area contributed by atoms with Crippen LogP contribution in [0.1, 0.15) is 68.5 Å². The Morgan fingerprint density at radius 2 is 1.86 bits per heavy atom. The van der Waals surface area contributed by atoms with Crippen molar-refractivity contribution in [3.05, 3.63) is 17.7 Å². The number of fused-ring (bicyclic) bond motifs is 1. The maximum atomic E-state index is 13.1. The van der Waals surface area contributed by atoms with E-state index in [1.165, 1.54) is 32.0 Å². The van der Waals surface area contributed by atoms with E-state index >= 15 is 0 Å². The number of aryl methyl sites for hydroxylation is 1. The predicted octanol–water partition coefficient (Wildman–Crippen LogP) is 3.51. The lowest BCUT2D eigenvalue weighted by molar-refractivity contribution is 0.0889. The highest BCUT2D eigenvalue weighted by atomic mass is 16.3. The van der Waals surface area contributed by atoms with E-state index in [1.807, 2.05) is 6.92 Å². The summed E-state index contributed by atoms with van der Waals surface area (Å²) < 4.78 is 5.83. The molecular formula is C22H33N5O2. The maximum absolute atomic E-state index is 13.1. The molecule has 2 aliphatic heterocycles. The number of nitrogens with zero attached hydrogens (tertiary/aromatic N) is 4. The zero-order valence-corrected chi connectivity index (χ0v) is 17.9. The minimum atomic E-state index is -0.0911. The summed E-state index contributed by atoms with van der Waals surface area (Å²) in [6.07, 6.45) is 8.85. The number of likely N-dealkylation sites (tertiary alicyclic amines) is 1. The van der Waals surface area contributed by atoms with Gasteiger partial charge in [-0.2, -0.15) is 0 Å². The van der Waals surface area contributed by atoms with E-state index in [1.54, 1.807) is 0 Å². The van der Waals surface area contributed by atoms with Gasteiger partial charge in [0.1, 0.15) is 17.9 Å². The molecule has 0 saturated carbocycles. The third-order valence-corrected chi connectivity index (χ3v) is 6.56. The first-order valence-corrected chi connectivity index (χ1v) is 11.1. The Kier molecular flexibility index (Phi) is 6.04. The fraction of sp³-hybridized carbons (Fsp3) is 0.682. The van der Waals surface area contributed by atoms with E-state index in [9.17, 15) is 4.79 Å². The molecule has 0 aliphatic carbocycles. The summed E-state index contributed by atoms with van der Waals surface area (Å²) in [5.41, 5.74) is 1.09. The largest absolute Gasteiger partial charge is 0.442 e. The van der Waals surface area contributed by atoms with E-state index in [4.69, 9.17) is 4.42 Å². The average Bonchev–Trinajstić information content (AvgIpc) is 3.06. The first kappa shape index (κ1) is 20.1. The van der Waals surface area contributed by atoms with Gasteiger partial charge in [0, 0.05) is 38.3 Å². The quantitative estimate of drug-likeness (QED) is 0.829. The Bertz CT molecular complexity index is 848. The number of aromatic nitrogens is 2. The molecule has 0 radical (unpaired) electrons. The molecule has 7 heteroatoms. The van der Waals surface area contributed by atoms with Crippen molar-refractivity contribution in [2.24, 2.45) is 0 Å². The first-order valence-electron chi connectivity index (χ1n) is 11.1. The zero-order valence-electron chi connectivity index (χ0n) is 17.9. The van der Waals surface area contributed by atoms with Crippen LogP contribution < -0.4 is 10.2 Å². The number of furan rings is 1. The molecule has 4 heterocycles. The van der Waals surface area contributed by atoms with Crippen molar-refractivity contribution < 1.29 is 9.21 Å². The van der Waals surface area contributed by atoms with Crippen LogP contribution in [0.3, 0.4) is 0 Å². The molecule has 2 aliphatic rings. The van der Waals surface area contributed by atoms with Gasteiger partial charge in [-0.3, -0.25) is 9.69 Å². The molecule has 0 aromatic carbocycles. The van der Waals surface area contributed by atoms with Crippen LogP contribution in [0.25, 0.3) is 11.1 Å². The summed E-state index contributed by atoms with van der Waals surface area (Å²) in [6, 6.07) is 1.15.